The van der Waals surface area contributed by atoms with Crippen molar-refractivity contribution in [2.75, 3.05) is 20.8 Å². The maximum atomic E-state index is 12.8. The number of hydrogen-bond acceptors (Lipinski definition) is 5. The molecule has 0 radical (unpaired) electrons. The molecule has 1 amide bonds. The Balaban J connectivity index is 1.59. The van der Waals surface area contributed by atoms with Gasteiger partial charge in [-0.1, -0.05) is 6.07 Å². The topological polar surface area (TPSA) is 74.6 Å². The van der Waals surface area contributed by atoms with Crippen LogP contribution in [0, 0.1) is 0 Å². The highest BCUT2D eigenvalue weighted by Gasteiger charge is 2.31. The van der Waals surface area contributed by atoms with Crippen molar-refractivity contribution >= 4 is 5.91 Å². The Bertz CT molecular complexity index is 846. The molecule has 0 spiro atoms. The maximum Gasteiger partial charge on any atom is 0.269 e. The fourth-order valence-electron chi connectivity index (χ4n) is 3.76. The lowest BCUT2D eigenvalue weighted by Gasteiger charge is -2.24. The van der Waals surface area contributed by atoms with E-state index in [1.807, 2.05) is 39.1 Å². The van der Waals surface area contributed by atoms with E-state index in [2.05, 4.69) is 10.4 Å². The lowest BCUT2D eigenvalue weighted by molar-refractivity contribution is -0.00710. The third-order valence-electron chi connectivity index (χ3n) is 5.08. The third kappa shape index (κ3) is 4.14. The number of nitrogens with one attached hydrogen (secondary N) is 1. The van der Waals surface area contributed by atoms with E-state index in [4.69, 9.17) is 14.2 Å². The molecule has 7 heteroatoms. The summed E-state index contributed by atoms with van der Waals surface area (Å²) in [6.45, 7) is 4.60. The van der Waals surface area contributed by atoms with Gasteiger partial charge in [-0.3, -0.25) is 9.48 Å². The Labute approximate surface area is 166 Å². The highest BCUT2D eigenvalue weighted by Crippen LogP contribution is 2.31. The summed E-state index contributed by atoms with van der Waals surface area (Å²) in [7, 11) is 5.06. The number of methoxy groups -OCH3 is 2. The standard InChI is InChI=1S/C21H29N3O4/c1-13-11-16-19(14(2)28-13)23-24(3)20(16)21(25)22-10-6-7-15-8-9-17(26-4)18(12-15)27-5/h8-9,12-14H,6-7,10-11H2,1-5H3,(H,22,25)/t13-,14+/m1/s1. The molecule has 0 saturated carbocycles. The quantitative estimate of drug-likeness (QED) is 0.740. The Hall–Kier alpha value is -2.54. The van der Waals surface area contributed by atoms with Gasteiger partial charge >= 0.3 is 0 Å². The molecule has 0 unspecified atom stereocenters. The second kappa shape index (κ2) is 8.65. The van der Waals surface area contributed by atoms with E-state index in [-0.39, 0.29) is 18.1 Å². The first-order valence-corrected chi connectivity index (χ1v) is 9.65. The summed E-state index contributed by atoms with van der Waals surface area (Å²) in [5.41, 5.74) is 3.66. The smallest absolute Gasteiger partial charge is 0.269 e. The van der Waals surface area contributed by atoms with Crippen LogP contribution < -0.4 is 14.8 Å². The second-order valence-electron chi connectivity index (χ2n) is 7.18. The molecule has 152 valence electrons. The maximum absolute atomic E-state index is 12.8. The van der Waals surface area contributed by atoms with E-state index in [1.54, 1.807) is 18.9 Å². The highest BCUT2D eigenvalue weighted by atomic mass is 16.5. The van der Waals surface area contributed by atoms with Crippen LogP contribution in [0.4, 0.5) is 0 Å². The fraction of sp³-hybridized carbons (Fsp3) is 0.524. The van der Waals surface area contributed by atoms with Crippen LogP contribution in [0.25, 0.3) is 0 Å². The molecule has 0 bridgehead atoms. The average Bonchev–Trinajstić information content (AvgIpc) is 3.01. The number of carbonyl (C=O) groups excluding carboxylic acids is 1. The van der Waals surface area contributed by atoms with Crippen molar-refractivity contribution in [1.29, 1.82) is 0 Å². The van der Waals surface area contributed by atoms with Gasteiger partial charge in [0.15, 0.2) is 11.5 Å². The van der Waals surface area contributed by atoms with Gasteiger partial charge in [-0.25, -0.2) is 0 Å². The van der Waals surface area contributed by atoms with Crippen LogP contribution in [-0.4, -0.2) is 42.6 Å². The zero-order chi connectivity index (χ0) is 20.3. The van der Waals surface area contributed by atoms with Gasteiger partial charge in [-0.2, -0.15) is 5.10 Å². The number of aromatic nitrogens is 2. The molecular weight excluding hydrogens is 358 g/mol. The number of ether oxygens (including phenoxy) is 3. The minimum Gasteiger partial charge on any atom is -0.493 e. The second-order valence-corrected chi connectivity index (χ2v) is 7.18. The minimum atomic E-state index is -0.0865. The van der Waals surface area contributed by atoms with Gasteiger partial charge in [0.1, 0.15) is 5.69 Å². The first kappa shape index (κ1) is 20.2. The van der Waals surface area contributed by atoms with Gasteiger partial charge in [-0.05, 0) is 44.4 Å². The monoisotopic (exact) mass is 387 g/mol. The molecule has 7 nitrogen and oxygen atoms in total. The van der Waals surface area contributed by atoms with Gasteiger partial charge in [0, 0.05) is 25.6 Å². The predicted octanol–water partition coefficient (Wildman–Crippen LogP) is 2.82. The van der Waals surface area contributed by atoms with Crippen molar-refractivity contribution in [2.45, 2.75) is 45.3 Å². The zero-order valence-electron chi connectivity index (χ0n) is 17.2. The van der Waals surface area contributed by atoms with Crippen LogP contribution >= 0.6 is 0 Å². The number of rotatable bonds is 7. The van der Waals surface area contributed by atoms with Crippen molar-refractivity contribution in [3.63, 3.8) is 0 Å². The molecule has 3 rings (SSSR count). The van der Waals surface area contributed by atoms with E-state index < -0.39 is 0 Å². The van der Waals surface area contributed by atoms with Crippen LogP contribution in [0.3, 0.4) is 0 Å². The molecule has 1 aromatic carbocycles. The number of fused-ring (bicyclic) bond motifs is 1. The Morgan fingerprint density at radius 2 is 2.04 bits per heavy atom. The van der Waals surface area contributed by atoms with Crippen LogP contribution in [-0.2, 0) is 24.6 Å². The first-order valence-electron chi connectivity index (χ1n) is 9.65. The third-order valence-corrected chi connectivity index (χ3v) is 5.08. The average molecular weight is 387 g/mol. The molecule has 28 heavy (non-hydrogen) atoms. The number of carbonyl (C=O) groups is 1. The van der Waals surface area contributed by atoms with Crippen molar-refractivity contribution in [2.24, 2.45) is 7.05 Å². The van der Waals surface area contributed by atoms with E-state index >= 15 is 0 Å². The van der Waals surface area contributed by atoms with Gasteiger partial charge in [0.05, 0.1) is 32.1 Å². The molecule has 2 aromatic rings. The largest absolute Gasteiger partial charge is 0.493 e. The molecule has 1 aliphatic heterocycles. The molecule has 2 atom stereocenters. The summed E-state index contributed by atoms with van der Waals surface area (Å²) in [6, 6.07) is 5.89. The Morgan fingerprint density at radius 1 is 1.29 bits per heavy atom. The minimum absolute atomic E-state index is 0.0788. The summed E-state index contributed by atoms with van der Waals surface area (Å²) in [6.07, 6.45) is 2.38. The van der Waals surface area contributed by atoms with Crippen LogP contribution in [0.15, 0.2) is 18.2 Å². The van der Waals surface area contributed by atoms with Crippen LogP contribution in [0.1, 0.15) is 53.7 Å². The Kier molecular flexibility index (Phi) is 6.24. The molecule has 0 fully saturated rings. The van der Waals surface area contributed by atoms with E-state index in [0.717, 1.165) is 35.4 Å². The van der Waals surface area contributed by atoms with Gasteiger partial charge in [0.25, 0.3) is 5.91 Å². The molecule has 1 aliphatic rings. The number of nitrogens with zero attached hydrogens (tertiary/aromatic N) is 2. The lowest BCUT2D eigenvalue weighted by Crippen LogP contribution is -2.29. The number of aryl methyl sites for hydroxylation is 2. The molecule has 0 aliphatic carbocycles. The summed E-state index contributed by atoms with van der Waals surface area (Å²) < 4.78 is 18.1. The van der Waals surface area contributed by atoms with Crippen LogP contribution in [0.2, 0.25) is 0 Å². The van der Waals surface area contributed by atoms with Crippen molar-refractivity contribution in [1.82, 2.24) is 15.1 Å². The van der Waals surface area contributed by atoms with Crippen LogP contribution in [0.5, 0.6) is 11.5 Å². The number of hydrogen-bond donors (Lipinski definition) is 1. The summed E-state index contributed by atoms with van der Waals surface area (Å²) in [4.78, 5) is 12.8. The molecule has 0 saturated heterocycles. The molecular formula is C21H29N3O4. The van der Waals surface area contributed by atoms with Gasteiger partial charge in [0.2, 0.25) is 0 Å². The van der Waals surface area contributed by atoms with Crippen molar-refractivity contribution in [3.8, 4) is 11.5 Å². The normalized spacial score (nSPS) is 18.5. The van der Waals surface area contributed by atoms with E-state index in [9.17, 15) is 4.79 Å². The zero-order valence-corrected chi connectivity index (χ0v) is 17.2. The summed E-state index contributed by atoms with van der Waals surface area (Å²) in [5.74, 6) is 1.36. The predicted molar refractivity (Wildman–Crippen MR) is 106 cm³/mol. The Morgan fingerprint density at radius 3 is 2.75 bits per heavy atom. The molecule has 1 N–H and O–H groups in total. The van der Waals surface area contributed by atoms with E-state index in [0.29, 0.717) is 24.4 Å². The highest BCUT2D eigenvalue weighted by molar-refractivity contribution is 5.94. The van der Waals surface area contributed by atoms with Crippen molar-refractivity contribution in [3.05, 3.63) is 40.7 Å². The summed E-state index contributed by atoms with van der Waals surface area (Å²) in [5, 5.41) is 7.53. The lowest BCUT2D eigenvalue weighted by atomic mass is 9.99. The van der Waals surface area contributed by atoms with Gasteiger partial charge < -0.3 is 19.5 Å². The SMILES string of the molecule is COc1ccc(CCCNC(=O)c2c3c(nn2C)[C@H](C)O[C@H](C)C3)cc1OC. The van der Waals surface area contributed by atoms with Crippen molar-refractivity contribution < 1.29 is 19.0 Å². The number of benzene rings is 1. The molecule has 1 aromatic heterocycles. The fourth-order valence-corrected chi connectivity index (χ4v) is 3.76. The first-order chi connectivity index (χ1) is 13.4. The van der Waals surface area contributed by atoms with Gasteiger partial charge in [-0.15, -0.1) is 0 Å². The molecule has 2 heterocycles. The van der Waals surface area contributed by atoms with E-state index in [1.165, 1.54) is 0 Å². The summed E-state index contributed by atoms with van der Waals surface area (Å²) >= 11 is 0. The number of amides is 1.